The van der Waals surface area contributed by atoms with Crippen molar-refractivity contribution in [2.75, 3.05) is 13.2 Å². The average molecular weight is 340 g/mol. The van der Waals surface area contributed by atoms with E-state index in [0.29, 0.717) is 5.41 Å². The Morgan fingerprint density at radius 1 is 1.35 bits per heavy atom. The molecule has 0 heterocycles. The highest BCUT2D eigenvalue weighted by molar-refractivity contribution is 9.10. The van der Waals surface area contributed by atoms with Crippen molar-refractivity contribution in [3.8, 4) is 5.75 Å². The molecule has 2 rings (SSSR count). The van der Waals surface area contributed by atoms with E-state index in [-0.39, 0.29) is 0 Å². The molecule has 0 spiro atoms. The maximum atomic E-state index is 6.07. The standard InChI is InChI=1S/C17H26BrNO/c1-2-14-6-8-17(13-19,9-7-14)10-11-20-16-5-3-4-15(18)12-16/h3-5,12,14H,2,6-11,13,19H2,1H3. The van der Waals surface area contributed by atoms with Crippen LogP contribution in [0, 0.1) is 11.3 Å². The summed E-state index contributed by atoms with van der Waals surface area (Å²) in [7, 11) is 0. The summed E-state index contributed by atoms with van der Waals surface area (Å²) in [6.07, 6.45) is 7.60. The van der Waals surface area contributed by atoms with Crippen LogP contribution in [0.5, 0.6) is 5.75 Å². The zero-order chi connectivity index (χ0) is 14.4. The van der Waals surface area contributed by atoms with Gasteiger partial charge in [-0.25, -0.2) is 0 Å². The normalized spacial score (nSPS) is 26.4. The summed E-state index contributed by atoms with van der Waals surface area (Å²) in [6.45, 7) is 3.87. The summed E-state index contributed by atoms with van der Waals surface area (Å²) in [5, 5.41) is 0. The Balaban J connectivity index is 1.82. The molecule has 0 aliphatic heterocycles. The Bertz CT molecular complexity index is 413. The quantitative estimate of drug-likeness (QED) is 0.810. The van der Waals surface area contributed by atoms with Crippen LogP contribution in [-0.2, 0) is 0 Å². The Morgan fingerprint density at radius 3 is 2.70 bits per heavy atom. The smallest absolute Gasteiger partial charge is 0.120 e. The van der Waals surface area contributed by atoms with E-state index in [1.54, 1.807) is 0 Å². The van der Waals surface area contributed by atoms with Crippen LogP contribution in [0.15, 0.2) is 28.7 Å². The lowest BCUT2D eigenvalue weighted by Crippen LogP contribution is -2.36. The first-order valence-electron chi connectivity index (χ1n) is 7.76. The van der Waals surface area contributed by atoms with E-state index in [4.69, 9.17) is 10.5 Å². The minimum Gasteiger partial charge on any atom is -0.494 e. The summed E-state index contributed by atoms with van der Waals surface area (Å²) in [6, 6.07) is 8.04. The van der Waals surface area contributed by atoms with Crippen molar-refractivity contribution in [3.63, 3.8) is 0 Å². The summed E-state index contributed by atoms with van der Waals surface area (Å²) < 4.78 is 6.95. The van der Waals surface area contributed by atoms with E-state index < -0.39 is 0 Å². The first kappa shape index (κ1) is 15.8. The van der Waals surface area contributed by atoms with Crippen molar-refractivity contribution in [1.29, 1.82) is 0 Å². The van der Waals surface area contributed by atoms with E-state index in [1.165, 1.54) is 32.1 Å². The number of ether oxygens (including phenoxy) is 1. The molecule has 0 saturated heterocycles. The van der Waals surface area contributed by atoms with Crippen LogP contribution in [0.1, 0.15) is 45.4 Å². The van der Waals surface area contributed by atoms with E-state index in [2.05, 4.69) is 22.9 Å². The zero-order valence-electron chi connectivity index (χ0n) is 12.4. The zero-order valence-corrected chi connectivity index (χ0v) is 14.0. The van der Waals surface area contributed by atoms with Gasteiger partial charge in [-0.3, -0.25) is 0 Å². The number of nitrogens with two attached hydrogens (primary N) is 1. The van der Waals surface area contributed by atoms with Gasteiger partial charge in [0.15, 0.2) is 0 Å². The summed E-state index contributed by atoms with van der Waals surface area (Å²) >= 11 is 3.47. The second kappa shape index (κ2) is 7.46. The maximum absolute atomic E-state index is 6.07. The first-order chi connectivity index (χ1) is 9.67. The molecular weight excluding hydrogens is 314 g/mol. The molecule has 0 bridgehead atoms. The van der Waals surface area contributed by atoms with Crippen LogP contribution in [0.2, 0.25) is 0 Å². The van der Waals surface area contributed by atoms with Crippen LogP contribution < -0.4 is 10.5 Å². The molecule has 1 saturated carbocycles. The van der Waals surface area contributed by atoms with Gasteiger partial charge in [0.25, 0.3) is 0 Å². The number of hydrogen-bond acceptors (Lipinski definition) is 2. The van der Waals surface area contributed by atoms with E-state index in [1.807, 2.05) is 24.3 Å². The highest BCUT2D eigenvalue weighted by atomic mass is 79.9. The third-order valence-electron chi connectivity index (χ3n) is 4.87. The number of hydrogen-bond donors (Lipinski definition) is 1. The number of benzene rings is 1. The molecular formula is C17H26BrNO. The fourth-order valence-corrected chi connectivity index (χ4v) is 3.57. The van der Waals surface area contributed by atoms with Gasteiger partial charge in [0.1, 0.15) is 5.75 Å². The minimum atomic E-state index is 0.317. The Morgan fingerprint density at radius 2 is 2.10 bits per heavy atom. The lowest BCUT2D eigenvalue weighted by molar-refractivity contribution is 0.117. The van der Waals surface area contributed by atoms with Crippen molar-refractivity contribution >= 4 is 15.9 Å². The topological polar surface area (TPSA) is 35.2 Å². The molecule has 0 unspecified atom stereocenters. The molecule has 0 aromatic heterocycles. The summed E-state index contributed by atoms with van der Waals surface area (Å²) in [4.78, 5) is 0. The average Bonchev–Trinajstić information content (AvgIpc) is 2.48. The molecule has 1 aliphatic rings. The molecule has 1 aromatic carbocycles. The summed E-state index contributed by atoms with van der Waals surface area (Å²) in [5.41, 5.74) is 6.38. The van der Waals surface area contributed by atoms with Gasteiger partial charge in [-0.1, -0.05) is 35.3 Å². The SMILES string of the molecule is CCC1CCC(CN)(CCOc2cccc(Br)c2)CC1. The molecule has 2 nitrogen and oxygen atoms in total. The van der Waals surface area contributed by atoms with Gasteiger partial charge < -0.3 is 10.5 Å². The lowest BCUT2D eigenvalue weighted by Gasteiger charge is -2.39. The van der Waals surface area contributed by atoms with Crippen LogP contribution in [-0.4, -0.2) is 13.2 Å². The third-order valence-corrected chi connectivity index (χ3v) is 5.37. The third kappa shape index (κ3) is 4.23. The highest BCUT2D eigenvalue weighted by Gasteiger charge is 2.33. The van der Waals surface area contributed by atoms with Crippen molar-refractivity contribution < 1.29 is 4.74 Å². The van der Waals surface area contributed by atoms with Gasteiger partial charge >= 0.3 is 0 Å². The second-order valence-electron chi connectivity index (χ2n) is 6.11. The Hall–Kier alpha value is -0.540. The molecule has 20 heavy (non-hydrogen) atoms. The van der Waals surface area contributed by atoms with Gasteiger partial charge in [0, 0.05) is 4.47 Å². The monoisotopic (exact) mass is 339 g/mol. The van der Waals surface area contributed by atoms with Crippen molar-refractivity contribution in [3.05, 3.63) is 28.7 Å². The van der Waals surface area contributed by atoms with Crippen LogP contribution in [0.3, 0.4) is 0 Å². The van der Waals surface area contributed by atoms with Crippen LogP contribution in [0.25, 0.3) is 0 Å². The van der Waals surface area contributed by atoms with Gasteiger partial charge in [0.2, 0.25) is 0 Å². The Kier molecular flexibility index (Phi) is 5.91. The summed E-state index contributed by atoms with van der Waals surface area (Å²) in [5.74, 6) is 1.86. The molecule has 3 heteroatoms. The molecule has 1 aromatic rings. The van der Waals surface area contributed by atoms with Crippen molar-refractivity contribution in [2.45, 2.75) is 45.4 Å². The highest BCUT2D eigenvalue weighted by Crippen LogP contribution is 2.41. The van der Waals surface area contributed by atoms with E-state index >= 15 is 0 Å². The molecule has 0 amide bonds. The van der Waals surface area contributed by atoms with Crippen molar-refractivity contribution in [1.82, 2.24) is 0 Å². The second-order valence-corrected chi connectivity index (χ2v) is 7.03. The van der Waals surface area contributed by atoms with Gasteiger partial charge in [-0.05, 0) is 68.2 Å². The van der Waals surface area contributed by atoms with E-state index in [9.17, 15) is 0 Å². The molecule has 1 fully saturated rings. The molecule has 112 valence electrons. The molecule has 0 radical (unpaired) electrons. The maximum Gasteiger partial charge on any atom is 0.120 e. The van der Waals surface area contributed by atoms with Gasteiger partial charge in [-0.2, -0.15) is 0 Å². The van der Waals surface area contributed by atoms with Crippen molar-refractivity contribution in [2.24, 2.45) is 17.1 Å². The fourth-order valence-electron chi connectivity index (χ4n) is 3.20. The molecule has 2 N–H and O–H groups in total. The largest absolute Gasteiger partial charge is 0.494 e. The molecule has 0 atom stereocenters. The number of rotatable bonds is 6. The minimum absolute atomic E-state index is 0.317. The lowest BCUT2D eigenvalue weighted by atomic mass is 9.68. The van der Waals surface area contributed by atoms with Crippen LogP contribution in [0.4, 0.5) is 0 Å². The van der Waals surface area contributed by atoms with E-state index in [0.717, 1.165) is 35.7 Å². The van der Waals surface area contributed by atoms with Gasteiger partial charge in [-0.15, -0.1) is 0 Å². The van der Waals surface area contributed by atoms with Crippen LogP contribution >= 0.6 is 15.9 Å². The predicted molar refractivity (Wildman–Crippen MR) is 88.0 cm³/mol. The molecule has 1 aliphatic carbocycles. The number of halogens is 1. The Labute approximate surface area is 131 Å². The fraction of sp³-hybridized carbons (Fsp3) is 0.647. The predicted octanol–water partition coefficient (Wildman–Crippen LogP) is 4.76. The first-order valence-corrected chi connectivity index (χ1v) is 8.55. The van der Waals surface area contributed by atoms with Gasteiger partial charge in [0.05, 0.1) is 6.61 Å².